The number of allylic oxidation sites excluding steroid dienone is 1. The topological polar surface area (TPSA) is 26.3 Å². The third-order valence-electron chi connectivity index (χ3n) is 3.13. The smallest absolute Gasteiger partial charge is 0.200 e. The summed E-state index contributed by atoms with van der Waals surface area (Å²) in [6, 6.07) is 13.5. The van der Waals surface area contributed by atoms with Gasteiger partial charge in [-0.15, -0.1) is 0 Å². The lowest BCUT2D eigenvalue weighted by molar-refractivity contribution is 0.104. The summed E-state index contributed by atoms with van der Waals surface area (Å²) in [5, 5.41) is 0. The van der Waals surface area contributed by atoms with Gasteiger partial charge in [-0.3, -0.25) is 4.79 Å². The molecule has 1 heterocycles. The molecule has 0 saturated heterocycles. The second-order valence-electron chi connectivity index (χ2n) is 4.55. The molecule has 2 aromatic rings. The highest BCUT2D eigenvalue weighted by molar-refractivity contribution is 9.10. The van der Waals surface area contributed by atoms with Gasteiger partial charge in [0.1, 0.15) is 5.75 Å². The number of ether oxygens (including phenoxy) is 1. The van der Waals surface area contributed by atoms with Crippen molar-refractivity contribution in [3.8, 4) is 5.75 Å². The molecule has 2 nitrogen and oxygen atoms in total. The molecule has 0 spiro atoms. The lowest BCUT2D eigenvalue weighted by atomic mass is 10.1. The summed E-state index contributed by atoms with van der Waals surface area (Å²) in [6.07, 6.45) is 1.91. The van der Waals surface area contributed by atoms with Gasteiger partial charge in [-0.2, -0.15) is 0 Å². The van der Waals surface area contributed by atoms with Gasteiger partial charge in [0.05, 0.1) is 11.5 Å². The van der Waals surface area contributed by atoms with Crippen LogP contribution in [0.3, 0.4) is 0 Å². The van der Waals surface area contributed by atoms with Crippen LogP contribution in [0.2, 0.25) is 0 Å². The van der Waals surface area contributed by atoms with Crippen molar-refractivity contribution in [2.75, 3.05) is 6.61 Å². The van der Waals surface area contributed by atoms with Crippen LogP contribution in [-0.2, 0) is 0 Å². The molecule has 0 N–H and O–H groups in total. The van der Waals surface area contributed by atoms with Crippen molar-refractivity contribution in [2.45, 2.75) is 11.8 Å². The molecule has 2 aromatic carbocycles. The predicted octanol–water partition coefficient (Wildman–Crippen LogP) is 5.18. The molecule has 0 aliphatic carbocycles. The van der Waals surface area contributed by atoms with E-state index in [9.17, 15) is 4.79 Å². The number of carbonyl (C=O) groups is 1. The molecule has 4 heteroatoms. The summed E-state index contributed by atoms with van der Waals surface area (Å²) in [4.78, 5) is 14.2. The number of hydrogen-bond acceptors (Lipinski definition) is 3. The third-order valence-corrected chi connectivity index (χ3v) is 4.73. The van der Waals surface area contributed by atoms with Gasteiger partial charge < -0.3 is 4.74 Å². The Hall–Kier alpha value is -1.52. The van der Waals surface area contributed by atoms with E-state index in [1.54, 1.807) is 0 Å². The number of fused-ring (bicyclic) bond motifs is 1. The Bertz CT molecular complexity index is 737. The van der Waals surface area contributed by atoms with E-state index in [0.717, 1.165) is 31.1 Å². The fraction of sp³-hybridized carbons (Fsp3) is 0.118. The molecule has 106 valence electrons. The number of halogens is 1. The molecule has 0 fully saturated rings. The molecule has 0 saturated carbocycles. The highest BCUT2D eigenvalue weighted by Gasteiger charge is 2.25. The number of carbonyl (C=O) groups excluding carboxylic acids is 1. The largest absolute Gasteiger partial charge is 0.493 e. The summed E-state index contributed by atoms with van der Waals surface area (Å²) < 4.78 is 6.59. The van der Waals surface area contributed by atoms with Crippen LogP contribution in [0.15, 0.2) is 56.7 Å². The fourth-order valence-corrected chi connectivity index (χ4v) is 3.62. The Kier molecular flexibility index (Phi) is 4.17. The number of rotatable bonds is 3. The van der Waals surface area contributed by atoms with Gasteiger partial charge in [0.2, 0.25) is 5.78 Å². The first-order chi connectivity index (χ1) is 10.2. The Morgan fingerprint density at radius 2 is 2.05 bits per heavy atom. The van der Waals surface area contributed by atoms with E-state index in [-0.39, 0.29) is 5.78 Å². The van der Waals surface area contributed by atoms with E-state index in [2.05, 4.69) is 15.9 Å². The van der Waals surface area contributed by atoms with Crippen LogP contribution in [0, 0.1) is 0 Å². The van der Waals surface area contributed by atoms with Crippen molar-refractivity contribution < 1.29 is 9.53 Å². The number of hydrogen-bond donors (Lipinski definition) is 0. The number of ketones is 1. The van der Waals surface area contributed by atoms with Gasteiger partial charge in [0, 0.05) is 20.5 Å². The van der Waals surface area contributed by atoms with Crippen molar-refractivity contribution in [2.24, 2.45) is 0 Å². The van der Waals surface area contributed by atoms with Gasteiger partial charge in [0.25, 0.3) is 0 Å². The average molecular weight is 361 g/mol. The molecule has 3 rings (SSSR count). The van der Waals surface area contributed by atoms with Crippen LogP contribution in [0.4, 0.5) is 0 Å². The minimum absolute atomic E-state index is 0.0815. The molecular weight excluding hydrogens is 348 g/mol. The molecule has 0 bridgehead atoms. The summed E-state index contributed by atoms with van der Waals surface area (Å²) in [5.41, 5.74) is 1.69. The number of benzene rings is 2. The first-order valence-electron chi connectivity index (χ1n) is 6.64. The Morgan fingerprint density at radius 1 is 1.24 bits per heavy atom. The molecule has 0 radical (unpaired) electrons. The van der Waals surface area contributed by atoms with Gasteiger partial charge >= 0.3 is 0 Å². The van der Waals surface area contributed by atoms with Gasteiger partial charge in [0.15, 0.2) is 0 Å². The molecule has 0 atom stereocenters. The van der Waals surface area contributed by atoms with E-state index >= 15 is 0 Å². The van der Waals surface area contributed by atoms with Crippen molar-refractivity contribution in [3.05, 3.63) is 63.0 Å². The molecule has 0 aromatic heterocycles. The lowest BCUT2D eigenvalue weighted by Crippen LogP contribution is -1.96. The summed E-state index contributed by atoms with van der Waals surface area (Å²) in [7, 11) is 0. The Morgan fingerprint density at radius 3 is 2.81 bits per heavy atom. The monoisotopic (exact) mass is 360 g/mol. The van der Waals surface area contributed by atoms with Crippen LogP contribution in [0.5, 0.6) is 5.75 Å². The average Bonchev–Trinajstić information content (AvgIpc) is 2.79. The zero-order valence-electron chi connectivity index (χ0n) is 11.4. The molecule has 21 heavy (non-hydrogen) atoms. The van der Waals surface area contributed by atoms with Crippen molar-refractivity contribution in [1.82, 2.24) is 0 Å². The van der Waals surface area contributed by atoms with Crippen LogP contribution in [0.25, 0.3) is 6.08 Å². The van der Waals surface area contributed by atoms with E-state index in [1.165, 1.54) is 11.8 Å². The minimum atomic E-state index is 0.0815. The number of Topliss-reactive ketones (excluding diaryl/α,β-unsaturated/α-hetero) is 1. The Balaban J connectivity index is 2.01. The van der Waals surface area contributed by atoms with Crippen molar-refractivity contribution in [1.29, 1.82) is 0 Å². The van der Waals surface area contributed by atoms with Crippen LogP contribution >= 0.6 is 27.7 Å². The predicted molar refractivity (Wildman–Crippen MR) is 89.9 cm³/mol. The quantitative estimate of drug-likeness (QED) is 0.705. The molecule has 1 aliphatic heterocycles. The maximum Gasteiger partial charge on any atom is 0.200 e. The maximum absolute atomic E-state index is 12.4. The second-order valence-corrected chi connectivity index (χ2v) is 6.55. The third kappa shape index (κ3) is 2.92. The fourth-order valence-electron chi connectivity index (χ4n) is 2.20. The highest BCUT2D eigenvalue weighted by atomic mass is 79.9. The zero-order valence-corrected chi connectivity index (χ0v) is 13.8. The normalized spacial score (nSPS) is 15.3. The van der Waals surface area contributed by atoms with E-state index in [0.29, 0.717) is 6.61 Å². The maximum atomic E-state index is 12.4. The van der Waals surface area contributed by atoms with Crippen LogP contribution in [0.1, 0.15) is 22.8 Å². The highest BCUT2D eigenvalue weighted by Crippen LogP contribution is 2.41. The van der Waals surface area contributed by atoms with Crippen molar-refractivity contribution >= 4 is 39.6 Å². The molecule has 1 aliphatic rings. The van der Waals surface area contributed by atoms with Gasteiger partial charge in [-0.25, -0.2) is 0 Å². The molecule has 0 unspecified atom stereocenters. The van der Waals surface area contributed by atoms with Crippen LogP contribution < -0.4 is 4.74 Å². The van der Waals surface area contributed by atoms with Crippen LogP contribution in [-0.4, -0.2) is 12.4 Å². The summed E-state index contributed by atoms with van der Waals surface area (Å²) in [6.45, 7) is 2.55. The standard InChI is InChI=1S/C17H13BrO2S/c1-2-20-14-8-7-12(18)9-11(14)10-16-17(19)13-5-3-4-6-15(13)21-16/h3-10H,2H2,1H3/b16-10-. The lowest BCUT2D eigenvalue weighted by Gasteiger charge is -2.08. The zero-order chi connectivity index (χ0) is 14.8. The van der Waals surface area contributed by atoms with Gasteiger partial charge in [-0.1, -0.05) is 39.8 Å². The first-order valence-corrected chi connectivity index (χ1v) is 8.25. The van der Waals surface area contributed by atoms with E-state index < -0.39 is 0 Å². The Labute approximate surface area is 136 Å². The van der Waals surface area contributed by atoms with Gasteiger partial charge in [-0.05, 0) is 43.3 Å². The minimum Gasteiger partial charge on any atom is -0.493 e. The first kappa shape index (κ1) is 14.4. The van der Waals surface area contributed by atoms with E-state index in [1.807, 2.05) is 55.5 Å². The molecule has 0 amide bonds. The summed E-state index contributed by atoms with van der Waals surface area (Å²) >= 11 is 4.98. The number of thioether (sulfide) groups is 1. The second kappa shape index (κ2) is 6.08. The SMILES string of the molecule is CCOc1ccc(Br)cc1/C=C1\Sc2ccccc2C1=O. The van der Waals surface area contributed by atoms with Crippen molar-refractivity contribution in [3.63, 3.8) is 0 Å². The molecular formula is C17H13BrO2S. The van der Waals surface area contributed by atoms with E-state index in [4.69, 9.17) is 4.74 Å². The summed E-state index contributed by atoms with van der Waals surface area (Å²) in [5.74, 6) is 0.871.